The van der Waals surface area contributed by atoms with Crippen LogP contribution in [0.2, 0.25) is 0 Å². The zero-order valence-electron chi connectivity index (χ0n) is 20.0. The predicted octanol–water partition coefficient (Wildman–Crippen LogP) is 0.673. The van der Waals surface area contributed by atoms with E-state index in [1.165, 1.54) is 10.9 Å². The summed E-state index contributed by atoms with van der Waals surface area (Å²) in [7, 11) is 0. The largest absolute Gasteiger partial charge is 0.415 e. The highest BCUT2D eigenvalue weighted by atomic mass is 16.6. The number of amides is 1. The average molecular weight is 509 g/mol. The molecule has 2 aliphatic rings. The van der Waals surface area contributed by atoms with Crippen LogP contribution in [0.1, 0.15) is 31.3 Å². The Morgan fingerprint density at radius 1 is 1.16 bits per heavy atom. The van der Waals surface area contributed by atoms with Gasteiger partial charge in [0.1, 0.15) is 29.6 Å². The number of nitrogen functional groups attached to an aromatic ring is 1. The number of aromatic nitrogens is 4. The molecule has 12 nitrogen and oxygen atoms in total. The van der Waals surface area contributed by atoms with E-state index in [0.29, 0.717) is 42.3 Å². The van der Waals surface area contributed by atoms with E-state index in [0.717, 1.165) is 12.8 Å². The molecule has 5 rings (SSSR count). The van der Waals surface area contributed by atoms with E-state index in [2.05, 4.69) is 26.8 Å². The molecule has 2 aliphatic heterocycles. The van der Waals surface area contributed by atoms with E-state index in [1.807, 2.05) is 18.2 Å². The minimum absolute atomic E-state index is 0.130. The molecule has 1 amide bonds. The number of fused-ring (bicyclic) bond motifs is 1. The molecule has 0 bridgehead atoms. The van der Waals surface area contributed by atoms with Gasteiger partial charge in [0, 0.05) is 19.5 Å². The molecule has 2 aromatic heterocycles. The van der Waals surface area contributed by atoms with Crippen LogP contribution >= 0.6 is 0 Å². The number of ether oxygens (including phenoxy) is 2. The lowest BCUT2D eigenvalue weighted by Gasteiger charge is -2.30. The molecule has 37 heavy (non-hydrogen) atoms. The number of carbonyl (C=O) groups is 1. The highest BCUT2D eigenvalue weighted by Crippen LogP contribution is 2.32. The normalized spacial score (nSPS) is 24.1. The fourth-order valence-corrected chi connectivity index (χ4v) is 4.54. The Balaban J connectivity index is 1.21. The number of hydrogen-bond donors (Lipinski definition) is 4. The summed E-state index contributed by atoms with van der Waals surface area (Å²) in [6, 6.07) is 9.00. The Morgan fingerprint density at radius 3 is 2.62 bits per heavy atom. The number of nitrogens with zero attached hydrogens (tertiary/aromatic N) is 5. The molecular weight excluding hydrogens is 480 g/mol. The van der Waals surface area contributed by atoms with Gasteiger partial charge in [0.15, 0.2) is 17.7 Å². The first-order chi connectivity index (χ1) is 17.9. The van der Waals surface area contributed by atoms with E-state index in [-0.39, 0.29) is 17.7 Å². The summed E-state index contributed by atoms with van der Waals surface area (Å²) in [5, 5.41) is 29.8. The molecule has 194 valence electrons. The van der Waals surface area contributed by atoms with Crippen molar-refractivity contribution >= 4 is 23.1 Å². The van der Waals surface area contributed by atoms with Gasteiger partial charge in [0.05, 0.1) is 12.9 Å². The van der Waals surface area contributed by atoms with Gasteiger partial charge in [-0.15, -0.1) is 0 Å². The van der Waals surface area contributed by atoms with Crippen molar-refractivity contribution in [1.29, 1.82) is 0 Å². The molecule has 12 heteroatoms. The summed E-state index contributed by atoms with van der Waals surface area (Å²) < 4.78 is 12.4. The molecule has 2 saturated heterocycles. The monoisotopic (exact) mass is 508 g/mol. The lowest BCUT2D eigenvalue weighted by Crippen LogP contribution is -2.40. The average Bonchev–Trinajstić information content (AvgIpc) is 3.45. The van der Waals surface area contributed by atoms with Crippen LogP contribution in [0.25, 0.3) is 11.2 Å². The van der Waals surface area contributed by atoms with Crippen molar-refractivity contribution < 1.29 is 29.6 Å². The molecule has 5 N–H and O–H groups in total. The minimum Gasteiger partial charge on any atom is -0.410 e. The van der Waals surface area contributed by atoms with Crippen LogP contribution in [0.4, 0.5) is 10.6 Å². The number of likely N-dealkylation sites (tertiary alicyclic amines) is 1. The van der Waals surface area contributed by atoms with Crippen LogP contribution in [0.5, 0.6) is 5.75 Å². The smallest absolute Gasteiger partial charge is 0.410 e. The van der Waals surface area contributed by atoms with Gasteiger partial charge in [-0.25, -0.2) is 19.7 Å². The van der Waals surface area contributed by atoms with Crippen LogP contribution in [0.3, 0.4) is 0 Å². The number of nitrogens with two attached hydrogens (primary N) is 1. The Bertz CT molecular complexity index is 1310. The second kappa shape index (κ2) is 10.7. The zero-order chi connectivity index (χ0) is 25.9. The molecule has 0 unspecified atom stereocenters. The van der Waals surface area contributed by atoms with Gasteiger partial charge in [-0.3, -0.25) is 4.57 Å². The second-order valence-corrected chi connectivity index (χ2v) is 9.10. The van der Waals surface area contributed by atoms with Crippen LogP contribution in [-0.4, -0.2) is 83.8 Å². The third kappa shape index (κ3) is 5.21. The third-order valence-corrected chi connectivity index (χ3v) is 6.65. The Morgan fingerprint density at radius 2 is 1.92 bits per heavy atom. The molecule has 1 aromatic carbocycles. The van der Waals surface area contributed by atoms with Crippen molar-refractivity contribution in [2.45, 2.75) is 43.8 Å². The first-order valence-corrected chi connectivity index (χ1v) is 12.1. The van der Waals surface area contributed by atoms with E-state index in [9.17, 15) is 20.1 Å². The highest BCUT2D eigenvalue weighted by Gasteiger charge is 2.44. The maximum absolute atomic E-state index is 12.4. The molecule has 0 saturated carbocycles. The molecule has 0 radical (unpaired) electrons. The number of aliphatic hydroxyl groups is 3. The number of hydrogen-bond acceptors (Lipinski definition) is 10. The fraction of sp³-hybridized carbons (Fsp3) is 0.440. The maximum Gasteiger partial charge on any atom is 0.415 e. The van der Waals surface area contributed by atoms with E-state index in [4.69, 9.17) is 15.2 Å². The second-order valence-electron chi connectivity index (χ2n) is 9.10. The number of carbonyl (C=O) groups excluding carboxylic acids is 1. The number of aliphatic hydroxyl groups excluding tert-OH is 3. The first kappa shape index (κ1) is 24.9. The quantitative estimate of drug-likeness (QED) is 0.368. The highest BCUT2D eigenvalue weighted by molar-refractivity contribution is 5.82. The lowest BCUT2D eigenvalue weighted by atomic mass is 9.94. The Kier molecular flexibility index (Phi) is 7.20. The standard InChI is InChI=1S/C25H28N6O6/c26-22-19-23(31(14-27-19)24-21(34)20(33)17(13-32)37-24)29-18(28-22)8-4-5-15-9-11-30(12-10-15)25(35)36-16-6-2-1-3-7-16/h1-3,6-7,14-15,17,20-21,24,32-34H,5,9-13H2,(H2,26,28,29)/t17-,20-,21-,24-/m1/s1. The van der Waals surface area contributed by atoms with E-state index in [1.54, 1.807) is 17.0 Å². The maximum atomic E-state index is 12.4. The van der Waals surface area contributed by atoms with Crippen molar-refractivity contribution in [1.82, 2.24) is 24.4 Å². The van der Waals surface area contributed by atoms with Crippen molar-refractivity contribution in [3.63, 3.8) is 0 Å². The number of benzene rings is 1. The van der Waals surface area contributed by atoms with Gasteiger partial charge in [0.25, 0.3) is 0 Å². The molecule has 3 aromatic rings. The summed E-state index contributed by atoms with van der Waals surface area (Å²) in [6.45, 7) is 0.746. The summed E-state index contributed by atoms with van der Waals surface area (Å²) in [5.41, 5.74) is 6.68. The number of imidazole rings is 1. The van der Waals surface area contributed by atoms with E-state index >= 15 is 0 Å². The number of piperidine rings is 1. The topological polar surface area (TPSA) is 169 Å². The number of rotatable bonds is 4. The Hall–Kier alpha value is -3.76. The van der Waals surface area contributed by atoms with E-state index < -0.39 is 31.1 Å². The number of para-hydroxylation sites is 1. The fourth-order valence-electron chi connectivity index (χ4n) is 4.54. The molecule has 0 aliphatic carbocycles. The predicted molar refractivity (Wildman–Crippen MR) is 131 cm³/mol. The van der Waals surface area contributed by atoms with Gasteiger partial charge in [0.2, 0.25) is 5.82 Å². The Labute approximate surface area is 212 Å². The number of anilines is 1. The third-order valence-electron chi connectivity index (χ3n) is 6.65. The van der Waals surface area contributed by atoms with Crippen molar-refractivity contribution in [3.05, 3.63) is 42.5 Å². The van der Waals surface area contributed by atoms with Crippen LogP contribution in [0, 0.1) is 17.8 Å². The van der Waals surface area contributed by atoms with Crippen molar-refractivity contribution in [2.24, 2.45) is 5.92 Å². The lowest BCUT2D eigenvalue weighted by molar-refractivity contribution is -0.0511. The van der Waals surface area contributed by atoms with Crippen molar-refractivity contribution in [2.75, 3.05) is 25.4 Å². The summed E-state index contributed by atoms with van der Waals surface area (Å²) in [4.78, 5) is 26.9. The SMILES string of the molecule is Nc1nc(C#CCC2CCN(C(=O)Oc3ccccc3)CC2)nc2c1ncn2[C@@H]1O[C@H](CO)[C@@H](O)[C@H]1O. The van der Waals surface area contributed by atoms with Gasteiger partial charge in [-0.05, 0) is 36.8 Å². The molecular formula is C25H28N6O6. The van der Waals surface area contributed by atoms with Gasteiger partial charge in [-0.1, -0.05) is 24.1 Å². The summed E-state index contributed by atoms with van der Waals surface area (Å²) in [6.07, 6.45) is -1.20. The minimum atomic E-state index is -1.28. The zero-order valence-corrected chi connectivity index (χ0v) is 20.0. The molecule has 0 spiro atoms. The van der Waals surface area contributed by atoms with Gasteiger partial charge < -0.3 is 35.4 Å². The first-order valence-electron chi connectivity index (χ1n) is 12.1. The summed E-state index contributed by atoms with van der Waals surface area (Å²) >= 11 is 0. The molecule has 4 atom stereocenters. The molecule has 2 fully saturated rings. The van der Waals surface area contributed by atoms with Crippen LogP contribution < -0.4 is 10.5 Å². The van der Waals surface area contributed by atoms with Crippen molar-refractivity contribution in [3.8, 4) is 17.6 Å². The van der Waals surface area contributed by atoms with Crippen LogP contribution in [-0.2, 0) is 4.74 Å². The molecule has 4 heterocycles. The van der Waals surface area contributed by atoms with Gasteiger partial charge >= 0.3 is 6.09 Å². The van der Waals surface area contributed by atoms with Gasteiger partial charge in [-0.2, -0.15) is 0 Å². The summed E-state index contributed by atoms with van der Waals surface area (Å²) in [5.74, 6) is 7.23. The van der Waals surface area contributed by atoms with Crippen LogP contribution in [0.15, 0.2) is 36.7 Å².